The van der Waals surface area contributed by atoms with Crippen LogP contribution in [0.1, 0.15) is 31.2 Å². The monoisotopic (exact) mass is 276 g/mol. The van der Waals surface area contributed by atoms with Crippen LogP contribution in [0.15, 0.2) is 30.3 Å². The van der Waals surface area contributed by atoms with Gasteiger partial charge in [0.25, 0.3) is 0 Å². The van der Waals surface area contributed by atoms with Gasteiger partial charge in [0.1, 0.15) is 6.61 Å². The summed E-state index contributed by atoms with van der Waals surface area (Å²) in [6.45, 7) is 0.325. The number of hydrogen-bond acceptors (Lipinski definition) is 3. The van der Waals surface area contributed by atoms with E-state index in [0.29, 0.717) is 12.6 Å². The third-order valence-electron chi connectivity index (χ3n) is 3.91. The number of nitrogens with zero attached hydrogens (tertiary/aromatic N) is 1. The number of amides is 1. The SMILES string of the molecule is CN(C)[C@H]1CCCC[C@@H]1NC(=O)OCc1ccccc1. The van der Waals surface area contributed by atoms with Gasteiger partial charge in [0, 0.05) is 12.1 Å². The number of carbonyl (C=O) groups excluding carboxylic acids is 1. The fraction of sp³-hybridized carbons (Fsp3) is 0.562. The van der Waals surface area contributed by atoms with E-state index in [1.807, 2.05) is 30.3 Å². The summed E-state index contributed by atoms with van der Waals surface area (Å²) in [5.41, 5.74) is 1.01. The predicted molar refractivity (Wildman–Crippen MR) is 79.5 cm³/mol. The minimum atomic E-state index is -0.312. The summed E-state index contributed by atoms with van der Waals surface area (Å²) < 4.78 is 5.29. The molecule has 0 heterocycles. The van der Waals surface area contributed by atoms with Crippen molar-refractivity contribution < 1.29 is 9.53 Å². The molecule has 1 saturated carbocycles. The number of likely N-dealkylation sites (N-methyl/N-ethyl adjacent to an activating group) is 1. The van der Waals surface area contributed by atoms with E-state index in [-0.39, 0.29) is 12.1 Å². The van der Waals surface area contributed by atoms with Gasteiger partial charge in [0.15, 0.2) is 0 Å². The first-order valence-electron chi connectivity index (χ1n) is 7.30. The molecule has 1 aliphatic carbocycles. The molecule has 4 heteroatoms. The fourth-order valence-corrected chi connectivity index (χ4v) is 2.81. The van der Waals surface area contributed by atoms with Gasteiger partial charge >= 0.3 is 6.09 Å². The highest BCUT2D eigenvalue weighted by Gasteiger charge is 2.28. The molecule has 0 unspecified atom stereocenters. The standard InChI is InChI=1S/C16H24N2O2/c1-18(2)15-11-7-6-10-14(15)17-16(19)20-12-13-8-4-3-5-9-13/h3-5,8-9,14-15H,6-7,10-12H2,1-2H3,(H,17,19)/t14-,15-/m0/s1. The molecule has 1 aromatic rings. The number of hydrogen-bond donors (Lipinski definition) is 1. The summed E-state index contributed by atoms with van der Waals surface area (Å²) in [5, 5.41) is 3.02. The van der Waals surface area contributed by atoms with E-state index >= 15 is 0 Å². The Morgan fingerprint density at radius 3 is 2.65 bits per heavy atom. The van der Waals surface area contributed by atoms with Crippen LogP contribution >= 0.6 is 0 Å². The molecule has 2 atom stereocenters. The number of carbonyl (C=O) groups is 1. The van der Waals surface area contributed by atoms with Crippen LogP contribution in [0.25, 0.3) is 0 Å². The van der Waals surface area contributed by atoms with Crippen molar-refractivity contribution in [3.8, 4) is 0 Å². The summed E-state index contributed by atoms with van der Waals surface area (Å²) in [6, 6.07) is 10.4. The molecule has 0 radical (unpaired) electrons. The number of alkyl carbamates (subject to hydrolysis) is 1. The maximum absolute atomic E-state index is 11.9. The van der Waals surface area contributed by atoms with Gasteiger partial charge in [-0.25, -0.2) is 4.79 Å². The van der Waals surface area contributed by atoms with E-state index in [9.17, 15) is 4.79 Å². The number of ether oxygens (including phenoxy) is 1. The van der Waals surface area contributed by atoms with Gasteiger partial charge in [-0.05, 0) is 32.5 Å². The van der Waals surface area contributed by atoms with Crippen LogP contribution in [-0.2, 0) is 11.3 Å². The lowest BCUT2D eigenvalue weighted by molar-refractivity contribution is 0.118. The Morgan fingerprint density at radius 2 is 1.95 bits per heavy atom. The van der Waals surface area contributed by atoms with Gasteiger partial charge < -0.3 is 15.0 Å². The minimum Gasteiger partial charge on any atom is -0.445 e. The molecule has 0 spiro atoms. The van der Waals surface area contributed by atoms with E-state index in [0.717, 1.165) is 18.4 Å². The summed E-state index contributed by atoms with van der Waals surface area (Å²) in [7, 11) is 4.14. The average molecular weight is 276 g/mol. The van der Waals surface area contributed by atoms with Gasteiger partial charge in [-0.2, -0.15) is 0 Å². The quantitative estimate of drug-likeness (QED) is 0.919. The van der Waals surface area contributed by atoms with Crippen molar-refractivity contribution in [3.05, 3.63) is 35.9 Å². The molecular formula is C16H24N2O2. The summed E-state index contributed by atoms with van der Waals surface area (Å²) >= 11 is 0. The predicted octanol–water partition coefficient (Wildman–Crippen LogP) is 2.79. The Kier molecular flexibility index (Phi) is 5.41. The molecule has 0 aromatic heterocycles. The number of rotatable bonds is 4. The smallest absolute Gasteiger partial charge is 0.407 e. The van der Waals surface area contributed by atoms with Crippen LogP contribution in [0.3, 0.4) is 0 Å². The lowest BCUT2D eigenvalue weighted by atomic mass is 9.90. The molecule has 0 saturated heterocycles. The van der Waals surface area contributed by atoms with E-state index < -0.39 is 0 Å². The molecule has 1 aliphatic rings. The van der Waals surface area contributed by atoms with Crippen LogP contribution in [-0.4, -0.2) is 37.2 Å². The number of benzene rings is 1. The second-order valence-corrected chi connectivity index (χ2v) is 5.63. The maximum atomic E-state index is 11.9. The molecule has 0 bridgehead atoms. The van der Waals surface area contributed by atoms with Crippen LogP contribution in [0.5, 0.6) is 0 Å². The summed E-state index contributed by atoms with van der Waals surface area (Å²) in [4.78, 5) is 14.1. The first-order valence-corrected chi connectivity index (χ1v) is 7.30. The zero-order chi connectivity index (χ0) is 14.4. The minimum absolute atomic E-state index is 0.196. The highest BCUT2D eigenvalue weighted by Crippen LogP contribution is 2.21. The van der Waals surface area contributed by atoms with Crippen molar-refractivity contribution in [2.45, 2.75) is 44.4 Å². The van der Waals surface area contributed by atoms with Crippen molar-refractivity contribution in [2.24, 2.45) is 0 Å². The van der Waals surface area contributed by atoms with Crippen molar-refractivity contribution in [1.82, 2.24) is 10.2 Å². The number of nitrogens with one attached hydrogen (secondary N) is 1. The second kappa shape index (κ2) is 7.29. The first-order chi connectivity index (χ1) is 9.66. The Labute approximate surface area is 121 Å². The zero-order valence-electron chi connectivity index (χ0n) is 12.3. The molecule has 110 valence electrons. The normalized spacial score (nSPS) is 22.6. The van der Waals surface area contributed by atoms with Crippen LogP contribution < -0.4 is 5.32 Å². The van der Waals surface area contributed by atoms with Gasteiger partial charge in [0.2, 0.25) is 0 Å². The Bertz CT molecular complexity index is 420. The highest BCUT2D eigenvalue weighted by molar-refractivity contribution is 5.67. The van der Waals surface area contributed by atoms with Gasteiger partial charge in [-0.1, -0.05) is 43.2 Å². The Balaban J connectivity index is 1.81. The molecule has 20 heavy (non-hydrogen) atoms. The summed E-state index contributed by atoms with van der Waals surface area (Å²) in [5.74, 6) is 0. The maximum Gasteiger partial charge on any atom is 0.407 e. The van der Waals surface area contributed by atoms with Gasteiger partial charge in [-0.15, -0.1) is 0 Å². The second-order valence-electron chi connectivity index (χ2n) is 5.63. The lowest BCUT2D eigenvalue weighted by Crippen LogP contribution is -2.51. The Hall–Kier alpha value is -1.55. The van der Waals surface area contributed by atoms with Gasteiger partial charge in [0.05, 0.1) is 0 Å². The first kappa shape index (κ1) is 14.9. The average Bonchev–Trinajstić information content (AvgIpc) is 2.46. The summed E-state index contributed by atoms with van der Waals surface area (Å²) in [6.07, 6.45) is 4.26. The molecule has 4 nitrogen and oxygen atoms in total. The van der Waals surface area contributed by atoms with Crippen LogP contribution in [0, 0.1) is 0 Å². The highest BCUT2D eigenvalue weighted by atomic mass is 16.5. The van der Waals surface area contributed by atoms with E-state index in [1.54, 1.807) is 0 Å². The van der Waals surface area contributed by atoms with Crippen LogP contribution in [0.2, 0.25) is 0 Å². The van der Waals surface area contributed by atoms with Crippen molar-refractivity contribution in [2.75, 3.05) is 14.1 Å². The zero-order valence-corrected chi connectivity index (χ0v) is 12.3. The van der Waals surface area contributed by atoms with Crippen molar-refractivity contribution >= 4 is 6.09 Å². The molecule has 2 rings (SSSR count). The third-order valence-corrected chi connectivity index (χ3v) is 3.91. The van der Waals surface area contributed by atoms with E-state index in [4.69, 9.17) is 4.74 Å². The molecule has 1 amide bonds. The van der Waals surface area contributed by atoms with Crippen molar-refractivity contribution in [1.29, 1.82) is 0 Å². The topological polar surface area (TPSA) is 41.6 Å². The molecule has 1 N–H and O–H groups in total. The largest absolute Gasteiger partial charge is 0.445 e. The lowest BCUT2D eigenvalue weighted by Gasteiger charge is -2.36. The third kappa shape index (κ3) is 4.23. The van der Waals surface area contributed by atoms with Crippen molar-refractivity contribution in [3.63, 3.8) is 0 Å². The van der Waals surface area contributed by atoms with E-state index in [2.05, 4.69) is 24.3 Å². The van der Waals surface area contributed by atoms with E-state index in [1.165, 1.54) is 12.8 Å². The molecule has 1 fully saturated rings. The van der Waals surface area contributed by atoms with Gasteiger partial charge in [-0.3, -0.25) is 0 Å². The molecule has 1 aromatic carbocycles. The Morgan fingerprint density at radius 1 is 1.25 bits per heavy atom. The fourth-order valence-electron chi connectivity index (χ4n) is 2.81. The van der Waals surface area contributed by atoms with Crippen LogP contribution in [0.4, 0.5) is 4.79 Å². The molecular weight excluding hydrogens is 252 g/mol. The molecule has 0 aliphatic heterocycles.